The molecule has 1 rings (SSSR count). The van der Waals surface area contributed by atoms with Gasteiger partial charge in [-0.1, -0.05) is 19.1 Å². The van der Waals surface area contributed by atoms with E-state index in [2.05, 4.69) is 24.4 Å². The molecule has 0 aromatic heterocycles. The van der Waals surface area contributed by atoms with Crippen molar-refractivity contribution in [1.82, 2.24) is 5.32 Å². The van der Waals surface area contributed by atoms with E-state index in [-0.39, 0.29) is 6.04 Å². The van der Waals surface area contributed by atoms with Crippen LogP contribution in [0, 0.1) is 22.7 Å². The lowest BCUT2D eigenvalue weighted by Crippen LogP contribution is -2.27. The Labute approximate surface area is 96.3 Å². The molecular weight excluding hydrogens is 198 g/mol. The van der Waals surface area contributed by atoms with Gasteiger partial charge in [0, 0.05) is 12.6 Å². The molecule has 0 saturated heterocycles. The molecule has 16 heavy (non-hydrogen) atoms. The summed E-state index contributed by atoms with van der Waals surface area (Å²) >= 11 is 0. The van der Waals surface area contributed by atoms with Gasteiger partial charge in [-0.2, -0.15) is 10.5 Å². The van der Waals surface area contributed by atoms with Gasteiger partial charge in [0.25, 0.3) is 0 Å². The Kier molecular flexibility index (Phi) is 5.05. The van der Waals surface area contributed by atoms with Gasteiger partial charge in [-0.25, -0.2) is 0 Å². The Hall–Kier alpha value is -1.84. The van der Waals surface area contributed by atoms with E-state index in [1.807, 2.05) is 18.2 Å². The first kappa shape index (κ1) is 12.2. The largest absolute Gasteiger partial charge is 0.309 e. The van der Waals surface area contributed by atoms with E-state index in [0.29, 0.717) is 18.5 Å². The number of hydrogen-bond acceptors (Lipinski definition) is 3. The third-order valence-corrected chi connectivity index (χ3v) is 2.48. The Bertz CT molecular complexity index is 412. The van der Waals surface area contributed by atoms with Crippen molar-refractivity contribution in [2.45, 2.75) is 32.4 Å². The minimum Gasteiger partial charge on any atom is -0.309 e. The lowest BCUT2D eigenvalue weighted by molar-refractivity contribution is 0.505. The van der Waals surface area contributed by atoms with Gasteiger partial charge >= 0.3 is 0 Å². The van der Waals surface area contributed by atoms with E-state index in [1.54, 1.807) is 6.07 Å². The highest BCUT2D eigenvalue weighted by Gasteiger charge is 2.04. The summed E-state index contributed by atoms with van der Waals surface area (Å²) in [5, 5.41) is 20.7. The summed E-state index contributed by atoms with van der Waals surface area (Å²) in [5.74, 6) is 0. The highest BCUT2D eigenvalue weighted by atomic mass is 14.9. The summed E-state index contributed by atoms with van der Waals surface area (Å²) in [6.07, 6.45) is 1.46. The molecule has 0 spiro atoms. The van der Waals surface area contributed by atoms with Gasteiger partial charge in [0.15, 0.2) is 0 Å². The molecule has 1 N–H and O–H groups in total. The number of hydrogen-bond donors (Lipinski definition) is 1. The molecule has 3 heteroatoms. The quantitative estimate of drug-likeness (QED) is 0.816. The number of benzene rings is 1. The molecule has 82 valence electrons. The molecule has 0 aliphatic heterocycles. The van der Waals surface area contributed by atoms with Crippen molar-refractivity contribution in [1.29, 1.82) is 10.5 Å². The van der Waals surface area contributed by atoms with Gasteiger partial charge in [0.2, 0.25) is 0 Å². The smallest absolute Gasteiger partial charge is 0.0991 e. The van der Waals surface area contributed by atoms with Crippen molar-refractivity contribution in [3.63, 3.8) is 0 Å². The van der Waals surface area contributed by atoms with Crippen LogP contribution in [0.5, 0.6) is 0 Å². The van der Waals surface area contributed by atoms with Crippen molar-refractivity contribution >= 4 is 0 Å². The molecular formula is C13H15N3. The van der Waals surface area contributed by atoms with Crippen molar-refractivity contribution < 1.29 is 0 Å². The number of nitriles is 2. The molecule has 1 aromatic carbocycles. The lowest BCUT2D eigenvalue weighted by atomic mass is 10.1. The van der Waals surface area contributed by atoms with Crippen LogP contribution in [0.2, 0.25) is 0 Å². The molecule has 0 fully saturated rings. The van der Waals surface area contributed by atoms with Crippen molar-refractivity contribution in [2.24, 2.45) is 0 Å². The summed E-state index contributed by atoms with van der Waals surface area (Å²) in [7, 11) is 0. The van der Waals surface area contributed by atoms with Gasteiger partial charge in [-0.05, 0) is 24.1 Å². The zero-order valence-electron chi connectivity index (χ0n) is 9.40. The van der Waals surface area contributed by atoms with Crippen LogP contribution >= 0.6 is 0 Å². The molecule has 0 amide bonds. The van der Waals surface area contributed by atoms with E-state index in [0.717, 1.165) is 12.0 Å². The van der Waals surface area contributed by atoms with Crippen LogP contribution < -0.4 is 5.32 Å². The maximum Gasteiger partial charge on any atom is 0.0991 e. The monoisotopic (exact) mass is 213 g/mol. The van der Waals surface area contributed by atoms with Crippen LogP contribution in [0.3, 0.4) is 0 Å². The SMILES string of the molecule is CCC(CC#N)NCc1cccc(C#N)c1. The Morgan fingerprint density at radius 1 is 1.38 bits per heavy atom. The minimum atomic E-state index is 0.232. The van der Waals surface area contributed by atoms with E-state index in [9.17, 15) is 0 Å². The molecule has 0 heterocycles. The van der Waals surface area contributed by atoms with Crippen LogP contribution in [0.25, 0.3) is 0 Å². The zero-order valence-corrected chi connectivity index (χ0v) is 9.40. The summed E-state index contributed by atoms with van der Waals surface area (Å²) in [6, 6.07) is 12.0. The summed E-state index contributed by atoms with van der Waals surface area (Å²) in [4.78, 5) is 0. The van der Waals surface area contributed by atoms with E-state index >= 15 is 0 Å². The van der Waals surface area contributed by atoms with E-state index in [4.69, 9.17) is 10.5 Å². The Balaban J connectivity index is 2.54. The average molecular weight is 213 g/mol. The van der Waals surface area contributed by atoms with Gasteiger partial charge in [0.1, 0.15) is 0 Å². The van der Waals surface area contributed by atoms with E-state index < -0.39 is 0 Å². The average Bonchev–Trinajstić information content (AvgIpc) is 2.34. The number of nitrogens with one attached hydrogen (secondary N) is 1. The van der Waals surface area contributed by atoms with E-state index in [1.165, 1.54) is 0 Å². The highest BCUT2D eigenvalue weighted by molar-refractivity contribution is 5.32. The van der Waals surface area contributed by atoms with Gasteiger partial charge < -0.3 is 5.32 Å². The molecule has 0 bridgehead atoms. The fourth-order valence-electron chi connectivity index (χ4n) is 1.48. The third-order valence-electron chi connectivity index (χ3n) is 2.48. The Morgan fingerprint density at radius 2 is 2.19 bits per heavy atom. The molecule has 1 atom stereocenters. The molecule has 3 nitrogen and oxygen atoms in total. The maximum absolute atomic E-state index is 8.76. The normalized spacial score (nSPS) is 11.4. The van der Waals surface area contributed by atoms with Crippen LogP contribution in [0.4, 0.5) is 0 Å². The van der Waals surface area contributed by atoms with Crippen LogP contribution in [-0.4, -0.2) is 6.04 Å². The van der Waals surface area contributed by atoms with Gasteiger partial charge in [-0.15, -0.1) is 0 Å². The topological polar surface area (TPSA) is 59.6 Å². The first-order valence-corrected chi connectivity index (χ1v) is 5.39. The summed E-state index contributed by atoms with van der Waals surface area (Å²) in [5.41, 5.74) is 1.75. The van der Waals surface area contributed by atoms with Crippen molar-refractivity contribution in [3.8, 4) is 12.1 Å². The predicted octanol–water partition coefficient (Wildman–Crippen LogP) is 2.34. The second kappa shape index (κ2) is 6.61. The zero-order chi connectivity index (χ0) is 11.8. The van der Waals surface area contributed by atoms with Crippen molar-refractivity contribution in [2.75, 3.05) is 0 Å². The highest BCUT2D eigenvalue weighted by Crippen LogP contribution is 2.05. The maximum atomic E-state index is 8.76. The van der Waals surface area contributed by atoms with Crippen LogP contribution in [0.1, 0.15) is 30.9 Å². The third kappa shape index (κ3) is 3.73. The molecule has 1 unspecified atom stereocenters. The first-order chi connectivity index (χ1) is 7.80. The molecule has 0 aliphatic rings. The van der Waals surface area contributed by atoms with Gasteiger partial charge in [0.05, 0.1) is 24.1 Å². The molecule has 1 aromatic rings. The second-order valence-corrected chi connectivity index (χ2v) is 3.66. The minimum absolute atomic E-state index is 0.232. The van der Waals surface area contributed by atoms with Crippen LogP contribution in [-0.2, 0) is 6.54 Å². The molecule has 0 saturated carbocycles. The second-order valence-electron chi connectivity index (χ2n) is 3.66. The lowest BCUT2D eigenvalue weighted by Gasteiger charge is -2.13. The van der Waals surface area contributed by atoms with Crippen molar-refractivity contribution in [3.05, 3.63) is 35.4 Å². The fraction of sp³-hybridized carbons (Fsp3) is 0.385. The number of nitrogens with zero attached hydrogens (tertiary/aromatic N) is 2. The Morgan fingerprint density at radius 3 is 2.81 bits per heavy atom. The fourth-order valence-corrected chi connectivity index (χ4v) is 1.48. The first-order valence-electron chi connectivity index (χ1n) is 5.39. The summed E-state index contributed by atoms with van der Waals surface area (Å²) < 4.78 is 0. The van der Waals surface area contributed by atoms with Crippen LogP contribution in [0.15, 0.2) is 24.3 Å². The molecule has 0 radical (unpaired) electrons. The van der Waals surface area contributed by atoms with Gasteiger partial charge in [-0.3, -0.25) is 0 Å². The summed E-state index contributed by atoms with van der Waals surface area (Å²) in [6.45, 7) is 2.76. The number of rotatable bonds is 5. The molecule has 0 aliphatic carbocycles. The standard InChI is InChI=1S/C13H15N3/c1-2-13(6-7-14)16-10-12-5-3-4-11(8-12)9-15/h3-5,8,13,16H,2,6,10H2,1H3. The predicted molar refractivity (Wildman–Crippen MR) is 62.3 cm³/mol.